The highest BCUT2D eigenvalue weighted by atomic mass is 35.5. The Morgan fingerprint density at radius 1 is 1.20 bits per heavy atom. The molecular formula is C19H25ClN2O2S. The number of amides is 1. The lowest BCUT2D eigenvalue weighted by Gasteiger charge is -2.13. The molecule has 0 aromatic heterocycles. The third-order valence-electron chi connectivity index (χ3n) is 3.72. The van der Waals surface area contributed by atoms with Gasteiger partial charge in [0.2, 0.25) is 5.91 Å². The summed E-state index contributed by atoms with van der Waals surface area (Å²) in [5.74, 6) is -0.0952. The maximum absolute atomic E-state index is 11.9. The number of nitrogens with two attached hydrogens (primary N) is 1. The first kappa shape index (κ1) is 21.5. The highest BCUT2D eigenvalue weighted by molar-refractivity contribution is 7.99. The third kappa shape index (κ3) is 6.71. The summed E-state index contributed by atoms with van der Waals surface area (Å²) in [5, 5.41) is 2.87. The number of hydrogen-bond acceptors (Lipinski definition) is 4. The summed E-state index contributed by atoms with van der Waals surface area (Å²) in [6.07, 6.45) is 0.00976. The van der Waals surface area contributed by atoms with Crippen molar-refractivity contribution in [1.29, 1.82) is 0 Å². The molecule has 1 unspecified atom stereocenters. The van der Waals surface area contributed by atoms with Crippen molar-refractivity contribution >= 4 is 35.8 Å². The fourth-order valence-corrected chi connectivity index (χ4v) is 3.23. The van der Waals surface area contributed by atoms with Gasteiger partial charge in [-0.3, -0.25) is 4.79 Å². The fraction of sp³-hybridized carbons (Fsp3) is 0.316. The molecule has 136 valence electrons. The van der Waals surface area contributed by atoms with E-state index >= 15 is 0 Å². The molecule has 1 amide bonds. The van der Waals surface area contributed by atoms with Crippen LogP contribution in [0.25, 0.3) is 0 Å². The number of carbonyl (C=O) groups is 1. The Balaban J connectivity index is 0.00000312. The van der Waals surface area contributed by atoms with Gasteiger partial charge >= 0.3 is 0 Å². The van der Waals surface area contributed by atoms with Gasteiger partial charge in [-0.2, -0.15) is 0 Å². The lowest BCUT2D eigenvalue weighted by molar-refractivity contribution is -0.118. The van der Waals surface area contributed by atoms with Gasteiger partial charge in [0, 0.05) is 29.1 Å². The predicted octanol–water partition coefficient (Wildman–Crippen LogP) is 4.18. The van der Waals surface area contributed by atoms with Gasteiger partial charge in [-0.1, -0.05) is 23.9 Å². The van der Waals surface area contributed by atoms with Crippen LogP contribution in [0.15, 0.2) is 52.3 Å². The number of carbonyl (C=O) groups excluding carboxylic acids is 1. The Morgan fingerprint density at radius 3 is 2.48 bits per heavy atom. The molecule has 2 aromatic carbocycles. The quantitative estimate of drug-likeness (QED) is 0.756. The molecule has 1 atom stereocenters. The number of hydrogen-bond donors (Lipinski definition) is 2. The summed E-state index contributed by atoms with van der Waals surface area (Å²) < 4.78 is 5.12. The Morgan fingerprint density at radius 2 is 1.88 bits per heavy atom. The second kappa shape index (κ2) is 10.5. The topological polar surface area (TPSA) is 64.3 Å². The lowest BCUT2D eigenvalue weighted by Crippen LogP contribution is -2.28. The van der Waals surface area contributed by atoms with E-state index in [1.54, 1.807) is 18.9 Å². The van der Waals surface area contributed by atoms with Crippen LogP contribution in [0.1, 0.15) is 17.5 Å². The molecule has 2 aromatic rings. The molecule has 0 spiro atoms. The molecule has 0 aliphatic carbocycles. The molecule has 6 heteroatoms. The van der Waals surface area contributed by atoms with Crippen LogP contribution in [0.4, 0.5) is 5.69 Å². The first-order chi connectivity index (χ1) is 11.5. The smallest absolute Gasteiger partial charge is 0.227 e. The number of ether oxygens (including phenoxy) is 1. The van der Waals surface area contributed by atoms with Gasteiger partial charge in [0.25, 0.3) is 0 Å². The van der Waals surface area contributed by atoms with Crippen molar-refractivity contribution in [3.8, 4) is 0 Å². The Kier molecular flexibility index (Phi) is 9.00. The van der Waals surface area contributed by atoms with Gasteiger partial charge in [-0.25, -0.2) is 0 Å². The third-order valence-corrected chi connectivity index (χ3v) is 4.89. The van der Waals surface area contributed by atoms with Crippen LogP contribution in [-0.4, -0.2) is 25.7 Å². The first-order valence-corrected chi connectivity index (χ1v) is 8.71. The van der Waals surface area contributed by atoms with Crippen molar-refractivity contribution < 1.29 is 9.53 Å². The number of halogens is 1. The minimum Gasteiger partial charge on any atom is -0.380 e. The summed E-state index contributed by atoms with van der Waals surface area (Å²) in [6, 6.07) is 14.3. The van der Waals surface area contributed by atoms with Crippen LogP contribution in [0.3, 0.4) is 0 Å². The molecule has 0 aliphatic rings. The van der Waals surface area contributed by atoms with Crippen molar-refractivity contribution in [2.45, 2.75) is 36.2 Å². The average molecular weight is 381 g/mol. The van der Waals surface area contributed by atoms with Crippen molar-refractivity contribution in [2.75, 3.05) is 19.0 Å². The number of anilines is 1. The molecule has 3 N–H and O–H groups in total. The highest BCUT2D eigenvalue weighted by Gasteiger charge is 2.11. The van der Waals surface area contributed by atoms with Crippen molar-refractivity contribution in [3.05, 3.63) is 53.6 Å². The van der Waals surface area contributed by atoms with Crippen molar-refractivity contribution in [2.24, 2.45) is 5.73 Å². The van der Waals surface area contributed by atoms with E-state index in [9.17, 15) is 4.79 Å². The van der Waals surface area contributed by atoms with Gasteiger partial charge < -0.3 is 15.8 Å². The zero-order valence-electron chi connectivity index (χ0n) is 14.7. The molecular weight excluding hydrogens is 356 g/mol. The molecule has 0 aliphatic heterocycles. The summed E-state index contributed by atoms with van der Waals surface area (Å²) >= 11 is 1.72. The Bertz CT molecular complexity index is 688. The molecule has 4 nitrogen and oxygen atoms in total. The fourth-order valence-electron chi connectivity index (χ4n) is 2.23. The standard InChI is InChI=1S/C19H24N2O2S.ClH/c1-13-4-5-14(2)18(10-13)24-17-8-6-15(7-9-17)21-19(22)11-16(12-20)23-3;/h4-10,16H,11-12,20H2,1-3H3,(H,21,22);1H. The normalized spacial score (nSPS) is 11.5. The van der Waals surface area contributed by atoms with Crippen LogP contribution in [0, 0.1) is 13.8 Å². The highest BCUT2D eigenvalue weighted by Crippen LogP contribution is 2.31. The van der Waals surface area contributed by atoms with E-state index in [1.165, 1.54) is 16.0 Å². The summed E-state index contributed by atoms with van der Waals surface area (Å²) in [7, 11) is 1.56. The van der Waals surface area contributed by atoms with E-state index in [0.717, 1.165) is 10.6 Å². The van der Waals surface area contributed by atoms with Crippen LogP contribution in [-0.2, 0) is 9.53 Å². The summed E-state index contributed by atoms with van der Waals surface area (Å²) in [4.78, 5) is 14.3. The molecule has 25 heavy (non-hydrogen) atoms. The zero-order valence-corrected chi connectivity index (χ0v) is 16.4. The Hall–Kier alpha value is -1.53. The number of rotatable bonds is 7. The van der Waals surface area contributed by atoms with E-state index in [-0.39, 0.29) is 30.8 Å². The molecule has 0 bridgehead atoms. The van der Waals surface area contributed by atoms with E-state index in [1.807, 2.05) is 24.3 Å². The minimum absolute atomic E-state index is 0. The van der Waals surface area contributed by atoms with Gasteiger partial charge in [0.05, 0.1) is 12.5 Å². The van der Waals surface area contributed by atoms with Gasteiger partial charge in [0.15, 0.2) is 0 Å². The lowest BCUT2D eigenvalue weighted by atomic mass is 10.2. The average Bonchev–Trinajstić information content (AvgIpc) is 2.57. The largest absolute Gasteiger partial charge is 0.380 e. The maximum Gasteiger partial charge on any atom is 0.227 e. The van der Waals surface area contributed by atoms with E-state index < -0.39 is 0 Å². The molecule has 2 rings (SSSR count). The van der Waals surface area contributed by atoms with E-state index in [0.29, 0.717) is 6.54 Å². The second-order valence-corrected chi connectivity index (χ2v) is 6.86. The first-order valence-electron chi connectivity index (χ1n) is 7.89. The minimum atomic E-state index is -0.246. The van der Waals surface area contributed by atoms with Gasteiger partial charge in [0.1, 0.15) is 0 Å². The van der Waals surface area contributed by atoms with Crippen LogP contribution >= 0.6 is 24.2 Å². The molecule has 0 heterocycles. The monoisotopic (exact) mass is 380 g/mol. The number of methoxy groups -OCH3 is 1. The molecule has 0 radical (unpaired) electrons. The van der Waals surface area contributed by atoms with Gasteiger partial charge in [-0.05, 0) is 55.3 Å². The summed E-state index contributed by atoms with van der Waals surface area (Å²) in [5.41, 5.74) is 8.82. The van der Waals surface area contributed by atoms with Crippen molar-refractivity contribution in [3.63, 3.8) is 0 Å². The molecule has 0 saturated carbocycles. The summed E-state index contributed by atoms with van der Waals surface area (Å²) in [6.45, 7) is 4.53. The number of benzene rings is 2. The number of nitrogens with one attached hydrogen (secondary N) is 1. The maximum atomic E-state index is 11.9. The van der Waals surface area contributed by atoms with Gasteiger partial charge in [-0.15, -0.1) is 12.4 Å². The predicted molar refractivity (Wildman–Crippen MR) is 107 cm³/mol. The van der Waals surface area contributed by atoms with Crippen LogP contribution in [0.5, 0.6) is 0 Å². The SMILES string of the molecule is COC(CN)CC(=O)Nc1ccc(Sc2cc(C)ccc2C)cc1.Cl. The van der Waals surface area contributed by atoms with Crippen molar-refractivity contribution in [1.82, 2.24) is 0 Å². The Labute approximate surface area is 159 Å². The van der Waals surface area contributed by atoms with E-state index in [2.05, 4.69) is 37.4 Å². The molecule has 0 fully saturated rings. The van der Waals surface area contributed by atoms with E-state index in [4.69, 9.17) is 10.5 Å². The van der Waals surface area contributed by atoms with Crippen LogP contribution < -0.4 is 11.1 Å². The second-order valence-electron chi connectivity index (χ2n) is 5.74. The number of aryl methyl sites for hydroxylation is 2. The zero-order chi connectivity index (χ0) is 17.5. The molecule has 0 saturated heterocycles. The van der Waals surface area contributed by atoms with Crippen LogP contribution in [0.2, 0.25) is 0 Å².